The number of hydrogen-bond acceptors (Lipinski definition) is 5. The Balaban J connectivity index is 1.61. The van der Waals surface area contributed by atoms with Crippen LogP contribution in [0.1, 0.15) is 15.9 Å². The Kier molecular flexibility index (Phi) is 7.55. The molecule has 178 valence electrons. The van der Waals surface area contributed by atoms with Gasteiger partial charge in [0.15, 0.2) is 11.5 Å². The lowest BCUT2D eigenvalue weighted by molar-refractivity contribution is -0.112. The molecule has 0 aromatic heterocycles. The van der Waals surface area contributed by atoms with Gasteiger partial charge in [-0.15, -0.1) is 0 Å². The van der Waals surface area contributed by atoms with Crippen LogP contribution in [0.5, 0.6) is 11.5 Å². The standard InChI is InChI=1S/C28H18Cl2N2O4/c1-35-25-12-9-17(13-19(16-31)27(33)32-20-10-11-23(29)24(30)15-20)14-26(25)36-28(34)22-8-4-6-18-5-2-3-7-21(18)22/h2-15H,1H3,(H,32,33)/b19-13+. The predicted molar refractivity (Wildman–Crippen MR) is 141 cm³/mol. The number of benzene rings is 4. The lowest BCUT2D eigenvalue weighted by Gasteiger charge is -2.11. The van der Waals surface area contributed by atoms with Gasteiger partial charge in [0.1, 0.15) is 11.6 Å². The average Bonchev–Trinajstić information content (AvgIpc) is 2.89. The van der Waals surface area contributed by atoms with Gasteiger partial charge < -0.3 is 14.8 Å². The first-order chi connectivity index (χ1) is 17.4. The molecular weight excluding hydrogens is 499 g/mol. The summed E-state index contributed by atoms with van der Waals surface area (Å²) in [6, 6.07) is 24.1. The van der Waals surface area contributed by atoms with Gasteiger partial charge in [-0.25, -0.2) is 4.79 Å². The number of amides is 1. The number of esters is 1. The van der Waals surface area contributed by atoms with Gasteiger partial charge in [-0.2, -0.15) is 5.26 Å². The number of nitrogens with zero attached hydrogens (tertiary/aromatic N) is 1. The highest BCUT2D eigenvalue weighted by atomic mass is 35.5. The number of nitrogens with one attached hydrogen (secondary N) is 1. The summed E-state index contributed by atoms with van der Waals surface area (Å²) in [7, 11) is 1.45. The molecule has 0 atom stereocenters. The van der Waals surface area contributed by atoms with E-state index >= 15 is 0 Å². The van der Waals surface area contributed by atoms with E-state index in [0.717, 1.165) is 10.8 Å². The van der Waals surface area contributed by atoms with Crippen molar-refractivity contribution in [2.75, 3.05) is 12.4 Å². The molecule has 0 spiro atoms. The second kappa shape index (κ2) is 11.0. The molecule has 0 aliphatic carbocycles. The highest BCUT2D eigenvalue weighted by Gasteiger charge is 2.16. The zero-order chi connectivity index (χ0) is 25.7. The van der Waals surface area contributed by atoms with Crippen LogP contribution in [0.2, 0.25) is 10.0 Å². The van der Waals surface area contributed by atoms with Crippen LogP contribution in [0, 0.1) is 11.3 Å². The summed E-state index contributed by atoms with van der Waals surface area (Å²) < 4.78 is 11.0. The summed E-state index contributed by atoms with van der Waals surface area (Å²) in [4.78, 5) is 25.7. The molecule has 4 aromatic carbocycles. The second-order valence-corrected chi connectivity index (χ2v) is 8.39. The van der Waals surface area contributed by atoms with E-state index < -0.39 is 11.9 Å². The summed E-state index contributed by atoms with van der Waals surface area (Å²) in [5.41, 5.74) is 1.07. The van der Waals surface area contributed by atoms with E-state index in [2.05, 4.69) is 5.32 Å². The van der Waals surface area contributed by atoms with Gasteiger partial charge in [-0.3, -0.25) is 4.79 Å². The molecule has 1 amide bonds. The van der Waals surface area contributed by atoms with Crippen LogP contribution in [-0.2, 0) is 4.79 Å². The van der Waals surface area contributed by atoms with Gasteiger partial charge in [0, 0.05) is 5.69 Å². The van der Waals surface area contributed by atoms with E-state index in [1.807, 2.05) is 36.4 Å². The smallest absolute Gasteiger partial charge is 0.344 e. The number of ether oxygens (including phenoxy) is 2. The highest BCUT2D eigenvalue weighted by molar-refractivity contribution is 6.42. The van der Waals surface area contributed by atoms with Crippen molar-refractivity contribution in [3.8, 4) is 17.6 Å². The molecule has 0 aliphatic rings. The molecule has 8 heteroatoms. The largest absolute Gasteiger partial charge is 0.493 e. The Morgan fingerprint density at radius 2 is 1.69 bits per heavy atom. The van der Waals surface area contributed by atoms with Gasteiger partial charge >= 0.3 is 5.97 Å². The molecule has 36 heavy (non-hydrogen) atoms. The summed E-state index contributed by atoms with van der Waals surface area (Å²) in [5.74, 6) is -0.740. The van der Waals surface area contributed by atoms with Crippen LogP contribution in [0.4, 0.5) is 5.69 Å². The number of methoxy groups -OCH3 is 1. The minimum absolute atomic E-state index is 0.145. The van der Waals surface area contributed by atoms with Crippen molar-refractivity contribution in [1.29, 1.82) is 5.26 Å². The number of halogens is 2. The van der Waals surface area contributed by atoms with Crippen molar-refractivity contribution in [3.05, 3.63) is 106 Å². The Hall–Kier alpha value is -4.31. The van der Waals surface area contributed by atoms with E-state index in [1.165, 1.54) is 31.4 Å². The van der Waals surface area contributed by atoms with E-state index in [9.17, 15) is 14.9 Å². The number of hydrogen-bond donors (Lipinski definition) is 1. The molecule has 0 aliphatic heterocycles. The first kappa shape index (κ1) is 24.8. The van der Waals surface area contributed by atoms with Crippen LogP contribution in [0.25, 0.3) is 16.8 Å². The number of carbonyl (C=O) groups is 2. The molecule has 4 rings (SSSR count). The number of carbonyl (C=O) groups excluding carboxylic acids is 2. The minimum Gasteiger partial charge on any atom is -0.493 e. The lowest BCUT2D eigenvalue weighted by Crippen LogP contribution is -2.13. The third kappa shape index (κ3) is 5.49. The zero-order valence-electron chi connectivity index (χ0n) is 18.9. The third-order valence-corrected chi connectivity index (χ3v) is 5.99. The first-order valence-electron chi connectivity index (χ1n) is 10.7. The van der Waals surface area contributed by atoms with Gasteiger partial charge in [-0.05, 0) is 58.8 Å². The maximum absolute atomic E-state index is 13.0. The quantitative estimate of drug-likeness (QED) is 0.130. The third-order valence-electron chi connectivity index (χ3n) is 5.25. The molecule has 0 unspecified atom stereocenters. The average molecular weight is 517 g/mol. The van der Waals surface area contributed by atoms with Crippen LogP contribution in [-0.4, -0.2) is 19.0 Å². The maximum Gasteiger partial charge on any atom is 0.344 e. The molecule has 0 heterocycles. The molecule has 1 N–H and O–H groups in total. The van der Waals surface area contributed by atoms with Gasteiger partial charge in [-0.1, -0.05) is 65.7 Å². The Labute approximate surface area is 217 Å². The van der Waals surface area contributed by atoms with Crippen LogP contribution in [0.15, 0.2) is 84.4 Å². The fraction of sp³-hybridized carbons (Fsp3) is 0.0357. The van der Waals surface area contributed by atoms with E-state index in [0.29, 0.717) is 27.6 Å². The molecule has 0 saturated carbocycles. The van der Waals surface area contributed by atoms with E-state index in [1.54, 1.807) is 30.3 Å². The minimum atomic E-state index is -0.638. The molecule has 0 radical (unpaired) electrons. The lowest BCUT2D eigenvalue weighted by atomic mass is 10.0. The maximum atomic E-state index is 13.0. The van der Waals surface area contributed by atoms with Crippen molar-refractivity contribution < 1.29 is 19.1 Å². The fourth-order valence-electron chi connectivity index (χ4n) is 3.51. The van der Waals surface area contributed by atoms with Gasteiger partial charge in [0.2, 0.25) is 0 Å². The van der Waals surface area contributed by atoms with E-state index in [4.69, 9.17) is 32.7 Å². The monoisotopic (exact) mass is 516 g/mol. The molecule has 0 saturated heterocycles. The molecular formula is C28H18Cl2N2O4. The van der Waals surface area contributed by atoms with Crippen molar-refractivity contribution in [2.45, 2.75) is 0 Å². The molecule has 0 bridgehead atoms. The number of nitriles is 1. The summed E-state index contributed by atoms with van der Waals surface area (Å²) in [5, 5.41) is 14.4. The topological polar surface area (TPSA) is 88.4 Å². The number of fused-ring (bicyclic) bond motifs is 1. The van der Waals surface area contributed by atoms with Crippen LogP contribution >= 0.6 is 23.2 Å². The van der Waals surface area contributed by atoms with Gasteiger partial charge in [0.05, 0.1) is 22.7 Å². The van der Waals surface area contributed by atoms with Crippen LogP contribution < -0.4 is 14.8 Å². The molecule has 0 fully saturated rings. The second-order valence-electron chi connectivity index (χ2n) is 7.58. The Bertz CT molecular complexity index is 1550. The summed E-state index contributed by atoms with van der Waals surface area (Å²) in [6.45, 7) is 0. The normalized spacial score (nSPS) is 11.0. The number of anilines is 1. The highest BCUT2D eigenvalue weighted by Crippen LogP contribution is 2.31. The SMILES string of the molecule is COc1ccc(/C=C(\C#N)C(=O)Nc2ccc(Cl)c(Cl)c2)cc1OC(=O)c1cccc2ccccc12. The molecule has 4 aromatic rings. The van der Waals surface area contributed by atoms with Gasteiger partial charge in [0.25, 0.3) is 5.91 Å². The number of rotatable bonds is 6. The Morgan fingerprint density at radius 3 is 2.44 bits per heavy atom. The fourth-order valence-corrected chi connectivity index (χ4v) is 3.81. The zero-order valence-corrected chi connectivity index (χ0v) is 20.4. The van der Waals surface area contributed by atoms with E-state index in [-0.39, 0.29) is 16.3 Å². The van der Waals surface area contributed by atoms with Crippen LogP contribution in [0.3, 0.4) is 0 Å². The summed E-state index contributed by atoms with van der Waals surface area (Å²) >= 11 is 11.9. The van der Waals surface area contributed by atoms with Crippen molar-refractivity contribution in [3.63, 3.8) is 0 Å². The van der Waals surface area contributed by atoms with Crippen molar-refractivity contribution in [2.24, 2.45) is 0 Å². The van der Waals surface area contributed by atoms with Crippen molar-refractivity contribution >= 4 is 57.6 Å². The predicted octanol–water partition coefficient (Wildman–Crippen LogP) is 6.92. The first-order valence-corrected chi connectivity index (χ1v) is 11.4. The molecule has 6 nitrogen and oxygen atoms in total. The summed E-state index contributed by atoms with van der Waals surface area (Å²) in [6.07, 6.45) is 1.38. The Morgan fingerprint density at radius 1 is 0.917 bits per heavy atom. The van der Waals surface area contributed by atoms with Crippen molar-refractivity contribution in [1.82, 2.24) is 0 Å².